The molecule has 11 heavy (non-hydrogen) atoms. The van der Waals surface area contributed by atoms with Gasteiger partial charge in [-0.3, -0.25) is 4.79 Å². The summed E-state index contributed by atoms with van der Waals surface area (Å²) >= 11 is 0. The molecule has 0 aliphatic heterocycles. The van der Waals surface area contributed by atoms with Crippen molar-refractivity contribution in [2.75, 3.05) is 0 Å². The highest BCUT2D eigenvalue weighted by atomic mass is 32.3. The van der Waals surface area contributed by atoms with Gasteiger partial charge in [0, 0.05) is 12.8 Å². The number of nitrogens with one attached hydrogen (secondary N) is 1. The number of carbonyl (C=O) groups excluding carboxylic acids is 1. The van der Waals surface area contributed by atoms with E-state index in [-0.39, 0.29) is 12.8 Å². The lowest BCUT2D eigenvalue weighted by Crippen LogP contribution is -2.26. The minimum absolute atomic E-state index is 0.0847. The van der Waals surface area contributed by atoms with Crippen LogP contribution in [0.15, 0.2) is 0 Å². The SMILES string of the molecule is C#CCCC(=O)NS(=O)(=O)F. The van der Waals surface area contributed by atoms with Gasteiger partial charge in [0.25, 0.3) is 0 Å². The monoisotopic (exact) mass is 179 g/mol. The molecule has 0 unspecified atom stereocenters. The second-order valence-corrected chi connectivity index (χ2v) is 2.75. The molecule has 1 N–H and O–H groups in total. The fourth-order valence-corrected chi connectivity index (χ4v) is 0.747. The van der Waals surface area contributed by atoms with Crippen LogP contribution in [0.3, 0.4) is 0 Å². The van der Waals surface area contributed by atoms with E-state index in [4.69, 9.17) is 6.42 Å². The Morgan fingerprint density at radius 2 is 2.18 bits per heavy atom. The molecule has 0 aliphatic carbocycles. The largest absolute Gasteiger partial charge is 0.399 e. The van der Waals surface area contributed by atoms with E-state index in [1.807, 2.05) is 0 Å². The quantitative estimate of drug-likeness (QED) is 0.479. The molecule has 6 heteroatoms. The zero-order valence-electron chi connectivity index (χ0n) is 5.50. The van der Waals surface area contributed by atoms with E-state index in [0.717, 1.165) is 4.72 Å². The molecule has 0 spiro atoms. The molecular formula is C5H6FNO3S. The number of hydrogen-bond donors (Lipinski definition) is 1. The van der Waals surface area contributed by atoms with Crippen LogP contribution in [-0.4, -0.2) is 14.3 Å². The van der Waals surface area contributed by atoms with Crippen molar-refractivity contribution in [2.24, 2.45) is 0 Å². The maximum Gasteiger partial charge on any atom is 0.399 e. The Labute approximate surface area is 64.1 Å². The van der Waals surface area contributed by atoms with Gasteiger partial charge in [0.15, 0.2) is 0 Å². The van der Waals surface area contributed by atoms with E-state index in [0.29, 0.717) is 0 Å². The number of halogens is 1. The Kier molecular flexibility index (Phi) is 3.54. The number of rotatable bonds is 3. The van der Waals surface area contributed by atoms with Crippen molar-refractivity contribution in [1.29, 1.82) is 0 Å². The summed E-state index contributed by atoms with van der Waals surface area (Å²) in [6.45, 7) is 0. The van der Waals surface area contributed by atoms with Gasteiger partial charge >= 0.3 is 10.4 Å². The first-order chi connectivity index (χ1) is 4.95. The normalized spacial score (nSPS) is 10.2. The van der Waals surface area contributed by atoms with Crippen molar-refractivity contribution in [2.45, 2.75) is 12.8 Å². The lowest BCUT2D eigenvalue weighted by molar-refractivity contribution is -0.119. The van der Waals surface area contributed by atoms with Crippen molar-refractivity contribution < 1.29 is 17.1 Å². The predicted molar refractivity (Wildman–Crippen MR) is 36.2 cm³/mol. The van der Waals surface area contributed by atoms with E-state index < -0.39 is 16.3 Å². The molecule has 0 aromatic carbocycles. The van der Waals surface area contributed by atoms with E-state index in [1.165, 1.54) is 0 Å². The summed E-state index contributed by atoms with van der Waals surface area (Å²) in [5.74, 6) is 1.17. The lowest BCUT2D eigenvalue weighted by atomic mass is 10.3. The van der Waals surface area contributed by atoms with Crippen molar-refractivity contribution in [3.63, 3.8) is 0 Å². The molecule has 0 bridgehead atoms. The fourth-order valence-electron chi connectivity index (χ4n) is 0.373. The second-order valence-electron chi connectivity index (χ2n) is 1.67. The molecular weight excluding hydrogens is 173 g/mol. The summed E-state index contributed by atoms with van der Waals surface area (Å²) in [6.07, 6.45) is 4.66. The molecule has 0 radical (unpaired) electrons. The highest BCUT2D eigenvalue weighted by Crippen LogP contribution is 1.89. The van der Waals surface area contributed by atoms with Crippen molar-refractivity contribution in [3.05, 3.63) is 0 Å². The highest BCUT2D eigenvalue weighted by molar-refractivity contribution is 7.84. The molecule has 0 saturated carbocycles. The first-order valence-electron chi connectivity index (χ1n) is 2.64. The van der Waals surface area contributed by atoms with Crippen LogP contribution in [-0.2, 0) is 15.2 Å². The summed E-state index contributed by atoms with van der Waals surface area (Å²) in [5.41, 5.74) is 0. The topological polar surface area (TPSA) is 63.2 Å². The third-order valence-electron chi connectivity index (χ3n) is 0.732. The molecule has 0 atom stereocenters. The molecule has 0 heterocycles. The van der Waals surface area contributed by atoms with Crippen LogP contribution in [0.25, 0.3) is 0 Å². The van der Waals surface area contributed by atoms with Crippen LogP contribution in [0.1, 0.15) is 12.8 Å². The Morgan fingerprint density at radius 1 is 1.64 bits per heavy atom. The zero-order valence-corrected chi connectivity index (χ0v) is 6.32. The third-order valence-corrected chi connectivity index (χ3v) is 1.20. The molecule has 0 aliphatic rings. The van der Waals surface area contributed by atoms with Gasteiger partial charge in [-0.15, -0.1) is 12.3 Å². The minimum Gasteiger partial charge on any atom is -0.274 e. The maximum atomic E-state index is 11.7. The molecule has 1 amide bonds. The van der Waals surface area contributed by atoms with Gasteiger partial charge in [0.1, 0.15) is 0 Å². The molecule has 0 rings (SSSR count). The molecule has 62 valence electrons. The van der Waals surface area contributed by atoms with Crippen LogP contribution in [0.2, 0.25) is 0 Å². The number of hydrogen-bond acceptors (Lipinski definition) is 3. The molecule has 0 saturated heterocycles. The van der Waals surface area contributed by atoms with Gasteiger partial charge in [0.2, 0.25) is 5.91 Å². The minimum atomic E-state index is -4.92. The fraction of sp³-hybridized carbons (Fsp3) is 0.400. The molecule has 0 fully saturated rings. The summed E-state index contributed by atoms with van der Waals surface area (Å²) in [7, 11) is -4.92. The van der Waals surface area contributed by atoms with Crippen LogP contribution in [0.4, 0.5) is 3.89 Å². The van der Waals surface area contributed by atoms with Crippen molar-refractivity contribution >= 4 is 16.3 Å². The first kappa shape index (κ1) is 9.91. The van der Waals surface area contributed by atoms with Crippen LogP contribution in [0, 0.1) is 12.3 Å². The van der Waals surface area contributed by atoms with E-state index in [1.54, 1.807) is 0 Å². The van der Waals surface area contributed by atoms with Crippen LogP contribution >= 0.6 is 0 Å². The van der Waals surface area contributed by atoms with Crippen molar-refractivity contribution in [1.82, 2.24) is 4.72 Å². The van der Waals surface area contributed by atoms with Gasteiger partial charge in [-0.25, -0.2) is 4.72 Å². The summed E-state index contributed by atoms with van der Waals surface area (Å²) < 4.78 is 32.3. The highest BCUT2D eigenvalue weighted by Gasteiger charge is 2.10. The summed E-state index contributed by atoms with van der Waals surface area (Å²) in [4.78, 5) is 10.4. The molecule has 4 nitrogen and oxygen atoms in total. The van der Waals surface area contributed by atoms with Crippen molar-refractivity contribution in [3.8, 4) is 12.3 Å². The van der Waals surface area contributed by atoms with Gasteiger partial charge < -0.3 is 0 Å². The maximum absolute atomic E-state index is 11.7. The first-order valence-corrected chi connectivity index (χ1v) is 4.03. The van der Waals surface area contributed by atoms with Gasteiger partial charge in [-0.05, 0) is 0 Å². The van der Waals surface area contributed by atoms with Crippen LogP contribution in [0.5, 0.6) is 0 Å². The smallest absolute Gasteiger partial charge is 0.274 e. The zero-order chi connectivity index (χ0) is 8.91. The number of terminal acetylenes is 1. The Balaban J connectivity index is 3.83. The van der Waals surface area contributed by atoms with Crippen LogP contribution < -0.4 is 4.72 Å². The van der Waals surface area contributed by atoms with Gasteiger partial charge in [-0.1, -0.05) is 3.89 Å². The van der Waals surface area contributed by atoms with E-state index >= 15 is 0 Å². The Morgan fingerprint density at radius 3 is 2.55 bits per heavy atom. The van der Waals surface area contributed by atoms with E-state index in [2.05, 4.69) is 5.92 Å². The Hall–Kier alpha value is -1.09. The van der Waals surface area contributed by atoms with Gasteiger partial charge in [0.05, 0.1) is 0 Å². The molecule has 0 aromatic heterocycles. The average molecular weight is 179 g/mol. The summed E-state index contributed by atoms with van der Waals surface area (Å²) in [5, 5.41) is 0. The van der Waals surface area contributed by atoms with Gasteiger partial charge in [-0.2, -0.15) is 8.42 Å². The summed E-state index contributed by atoms with van der Waals surface area (Å²) in [6, 6.07) is 0. The molecule has 0 aromatic rings. The predicted octanol–water partition coefficient (Wildman–Crippen LogP) is -0.270. The lowest BCUT2D eigenvalue weighted by Gasteiger charge is -1.95. The number of amides is 1. The average Bonchev–Trinajstić information content (AvgIpc) is 1.79. The standard InChI is InChI=1S/C5H6FNO3S/c1-2-3-4-5(8)7-11(6,9)10/h1H,3-4H2,(H,7,8). The van der Waals surface area contributed by atoms with E-state index in [9.17, 15) is 17.1 Å². The Bertz CT molecular complexity index is 277. The second kappa shape index (κ2) is 3.93. The third kappa shape index (κ3) is 6.80. The number of carbonyl (C=O) groups is 1.